The van der Waals surface area contributed by atoms with Crippen molar-refractivity contribution in [2.24, 2.45) is 0 Å². The number of carbonyl (C=O) groups excluding carboxylic acids is 1. The Morgan fingerprint density at radius 1 is 1.04 bits per heavy atom. The second-order valence-corrected chi connectivity index (χ2v) is 12.6. The van der Waals surface area contributed by atoms with Crippen molar-refractivity contribution in [1.82, 2.24) is 14.5 Å². The minimum absolute atomic E-state index is 0.0230. The Morgan fingerprint density at radius 2 is 1.83 bits per heavy atom. The summed E-state index contributed by atoms with van der Waals surface area (Å²) < 4.78 is 53.7. The first-order valence-electron chi connectivity index (χ1n) is 13.7. The molecule has 3 aromatic carbocycles. The van der Waals surface area contributed by atoms with Gasteiger partial charge in [0.1, 0.15) is 16.4 Å². The number of fused-ring (bicyclic) bond motifs is 1. The van der Waals surface area contributed by atoms with Crippen molar-refractivity contribution in [3.63, 3.8) is 0 Å². The number of hydrogen-bond acceptors (Lipinski definition) is 10. The number of aromatic carboxylic acids is 1. The molecule has 1 amide bonds. The van der Waals surface area contributed by atoms with E-state index in [1.807, 2.05) is 0 Å². The third-order valence-electron chi connectivity index (χ3n) is 6.93. The molecule has 0 saturated heterocycles. The second-order valence-electron chi connectivity index (χ2n) is 9.90. The van der Waals surface area contributed by atoms with Gasteiger partial charge in [0.15, 0.2) is 17.2 Å². The van der Waals surface area contributed by atoms with Crippen LogP contribution >= 0.6 is 11.3 Å². The van der Waals surface area contributed by atoms with E-state index in [4.69, 9.17) is 18.9 Å². The Morgan fingerprint density at radius 3 is 2.54 bits per heavy atom. The number of anilines is 1. The van der Waals surface area contributed by atoms with Gasteiger partial charge in [-0.15, -0.1) is 11.3 Å². The SMILES string of the molecule is COc1ccc(-n2nc(C(=O)O)c(C)c2Oc2ccc(NC(=O)c3cccs3)cc2S(=O)(=O)NCc2ccc3c(c2)OCO3)cc1. The number of nitrogens with one attached hydrogen (secondary N) is 2. The number of carbonyl (C=O) groups is 2. The molecule has 5 aromatic rings. The van der Waals surface area contributed by atoms with Gasteiger partial charge in [0.25, 0.3) is 5.91 Å². The van der Waals surface area contributed by atoms with E-state index in [1.165, 1.54) is 48.3 Å². The summed E-state index contributed by atoms with van der Waals surface area (Å²) in [6.45, 7) is 1.48. The smallest absolute Gasteiger partial charge is 0.356 e. The maximum atomic E-state index is 13.9. The summed E-state index contributed by atoms with van der Waals surface area (Å²) in [5.41, 5.74) is 1.13. The molecule has 0 fully saturated rings. The van der Waals surface area contributed by atoms with Crippen LogP contribution < -0.4 is 29.0 Å². The Labute approximate surface area is 267 Å². The lowest BCUT2D eigenvalue weighted by Crippen LogP contribution is -2.24. The van der Waals surface area contributed by atoms with Gasteiger partial charge < -0.3 is 29.4 Å². The second kappa shape index (κ2) is 12.5. The summed E-state index contributed by atoms with van der Waals surface area (Å²) in [5.74, 6) is -0.251. The number of methoxy groups -OCH3 is 1. The number of nitrogens with zero attached hydrogens (tertiary/aromatic N) is 2. The summed E-state index contributed by atoms with van der Waals surface area (Å²) in [7, 11) is -2.79. The van der Waals surface area contributed by atoms with Crippen molar-refractivity contribution in [3.05, 3.63) is 99.9 Å². The minimum atomic E-state index is -4.30. The first-order valence-corrected chi connectivity index (χ1v) is 16.0. The molecule has 15 heteroatoms. The monoisotopic (exact) mass is 662 g/mol. The molecule has 1 aliphatic heterocycles. The largest absolute Gasteiger partial charge is 0.497 e. The van der Waals surface area contributed by atoms with Crippen LogP contribution in [0.1, 0.15) is 31.3 Å². The zero-order valence-electron chi connectivity index (χ0n) is 24.3. The molecule has 46 heavy (non-hydrogen) atoms. The van der Waals surface area contributed by atoms with Crippen molar-refractivity contribution in [2.45, 2.75) is 18.4 Å². The third-order valence-corrected chi connectivity index (χ3v) is 9.23. The van der Waals surface area contributed by atoms with Crippen molar-refractivity contribution in [2.75, 3.05) is 19.2 Å². The Balaban J connectivity index is 1.38. The number of ether oxygens (including phenoxy) is 4. The molecular weight excluding hydrogens is 636 g/mol. The van der Waals surface area contributed by atoms with Crippen LogP contribution in [0, 0.1) is 6.92 Å². The van der Waals surface area contributed by atoms with Crippen LogP contribution in [-0.4, -0.2) is 49.1 Å². The first kappa shape index (κ1) is 30.6. The fourth-order valence-electron chi connectivity index (χ4n) is 4.59. The topological polar surface area (TPSA) is 167 Å². The van der Waals surface area contributed by atoms with Crippen LogP contribution in [0.2, 0.25) is 0 Å². The van der Waals surface area contributed by atoms with Gasteiger partial charge in [-0.25, -0.2) is 17.9 Å². The van der Waals surface area contributed by atoms with Crippen LogP contribution in [0.4, 0.5) is 5.69 Å². The van der Waals surface area contributed by atoms with E-state index in [2.05, 4.69) is 15.1 Å². The summed E-state index contributed by atoms with van der Waals surface area (Å²) in [6, 6.07) is 19.2. The summed E-state index contributed by atoms with van der Waals surface area (Å²) >= 11 is 1.24. The van der Waals surface area contributed by atoms with Gasteiger partial charge in [0.2, 0.25) is 22.7 Å². The zero-order chi connectivity index (χ0) is 32.4. The van der Waals surface area contributed by atoms with Crippen molar-refractivity contribution in [1.29, 1.82) is 0 Å². The van der Waals surface area contributed by atoms with Crippen LogP contribution in [0.3, 0.4) is 0 Å². The van der Waals surface area contributed by atoms with Crippen LogP contribution in [0.5, 0.6) is 28.9 Å². The van der Waals surface area contributed by atoms with Gasteiger partial charge in [-0.3, -0.25) is 4.79 Å². The van der Waals surface area contributed by atoms with Gasteiger partial charge >= 0.3 is 5.97 Å². The highest BCUT2D eigenvalue weighted by Gasteiger charge is 2.27. The number of rotatable bonds is 11. The molecule has 0 atom stereocenters. The molecule has 0 spiro atoms. The van der Waals surface area contributed by atoms with Crippen LogP contribution in [-0.2, 0) is 16.6 Å². The van der Waals surface area contributed by atoms with E-state index >= 15 is 0 Å². The van der Waals surface area contributed by atoms with Gasteiger partial charge in [0.05, 0.1) is 17.7 Å². The lowest BCUT2D eigenvalue weighted by atomic mass is 10.2. The Kier molecular flexibility index (Phi) is 8.36. The number of sulfonamides is 1. The van der Waals surface area contributed by atoms with Crippen molar-refractivity contribution < 1.29 is 42.1 Å². The van der Waals surface area contributed by atoms with Gasteiger partial charge in [-0.2, -0.15) is 9.78 Å². The standard InChI is InChI=1S/C31H26N4O9S2/c1-18-28(31(37)38)34-35(21-7-9-22(41-2)10-8-21)30(18)44-24-12-6-20(33-29(36)26-4-3-13-45-26)15-27(24)46(39,40)32-16-19-5-11-23-25(14-19)43-17-42-23/h3-15,32H,16-17H2,1-2H3,(H,33,36)(H,37,38). The van der Waals surface area contributed by atoms with Gasteiger partial charge in [-0.05, 0) is 78.5 Å². The normalized spacial score (nSPS) is 12.1. The zero-order valence-corrected chi connectivity index (χ0v) is 26.0. The summed E-state index contributed by atoms with van der Waals surface area (Å²) in [4.78, 5) is 24.9. The molecule has 0 radical (unpaired) electrons. The van der Waals surface area contributed by atoms with Gasteiger partial charge in [-0.1, -0.05) is 12.1 Å². The fourth-order valence-corrected chi connectivity index (χ4v) is 6.38. The van der Waals surface area contributed by atoms with E-state index in [1.54, 1.807) is 60.0 Å². The highest BCUT2D eigenvalue weighted by Crippen LogP contribution is 2.36. The molecule has 236 valence electrons. The number of carboxylic acids is 1. The first-order chi connectivity index (χ1) is 22.1. The fraction of sp³-hybridized carbons (Fsp3) is 0.129. The highest BCUT2D eigenvalue weighted by atomic mass is 32.2. The molecule has 13 nitrogen and oxygen atoms in total. The van der Waals surface area contributed by atoms with E-state index in [9.17, 15) is 23.1 Å². The summed E-state index contributed by atoms with van der Waals surface area (Å²) in [5, 5.41) is 18.5. The van der Waals surface area contributed by atoms with E-state index in [0.29, 0.717) is 33.4 Å². The van der Waals surface area contributed by atoms with Crippen LogP contribution in [0.15, 0.2) is 83.1 Å². The maximum Gasteiger partial charge on any atom is 0.356 e. The predicted molar refractivity (Wildman–Crippen MR) is 167 cm³/mol. The molecule has 2 aromatic heterocycles. The van der Waals surface area contributed by atoms with Crippen LogP contribution in [0.25, 0.3) is 5.69 Å². The molecular formula is C31H26N4O9S2. The Hall–Kier alpha value is -5.38. The summed E-state index contributed by atoms with van der Waals surface area (Å²) in [6.07, 6.45) is 0. The molecule has 3 heterocycles. The molecule has 0 bridgehead atoms. The van der Waals surface area contributed by atoms with Gasteiger partial charge in [0, 0.05) is 17.8 Å². The average molecular weight is 663 g/mol. The minimum Gasteiger partial charge on any atom is -0.497 e. The number of carboxylic acid groups (broad SMARTS) is 1. The van der Waals surface area contributed by atoms with E-state index in [0.717, 1.165) is 0 Å². The number of benzene rings is 3. The molecule has 0 aliphatic carbocycles. The molecule has 3 N–H and O–H groups in total. The molecule has 0 saturated carbocycles. The number of aromatic nitrogens is 2. The number of hydrogen-bond donors (Lipinski definition) is 3. The maximum absolute atomic E-state index is 13.9. The van der Waals surface area contributed by atoms with E-state index < -0.39 is 21.9 Å². The molecule has 6 rings (SSSR count). The van der Waals surface area contributed by atoms with Crippen molar-refractivity contribution in [3.8, 4) is 34.6 Å². The molecule has 0 unspecified atom stereocenters. The number of amides is 1. The lowest BCUT2D eigenvalue weighted by Gasteiger charge is -2.16. The van der Waals surface area contributed by atoms with E-state index in [-0.39, 0.29) is 46.8 Å². The average Bonchev–Trinajstić information content (AvgIpc) is 3.82. The molecule has 1 aliphatic rings. The van der Waals surface area contributed by atoms with Crippen molar-refractivity contribution >= 4 is 38.9 Å². The third kappa shape index (κ3) is 6.24. The number of thiophene rings is 1. The quantitative estimate of drug-likeness (QED) is 0.171. The lowest BCUT2D eigenvalue weighted by molar-refractivity contribution is 0.0689. The Bertz CT molecular complexity index is 2040. The predicted octanol–water partition coefficient (Wildman–Crippen LogP) is 5.20. The highest BCUT2D eigenvalue weighted by molar-refractivity contribution is 7.89.